The average molecular weight is 696 g/mol. The van der Waals surface area contributed by atoms with Gasteiger partial charge in [-0.25, -0.2) is 4.79 Å². The fourth-order valence-corrected chi connectivity index (χ4v) is 7.41. The number of fused-ring (bicyclic) bond motifs is 3. The molecular formula is C41H53N5O5. The molecule has 0 unspecified atom stereocenters. The van der Waals surface area contributed by atoms with Crippen LogP contribution in [0.4, 0.5) is 0 Å². The molecule has 2 N–H and O–H groups in total. The highest BCUT2D eigenvalue weighted by Gasteiger charge is 2.28. The zero-order chi connectivity index (χ0) is 35.6. The number of carboxylic acid groups (broad SMARTS) is 1. The lowest BCUT2D eigenvalue weighted by molar-refractivity contribution is 0.0383. The Morgan fingerprint density at radius 3 is 2.45 bits per heavy atom. The molecule has 2 aromatic heterocycles. The van der Waals surface area contributed by atoms with Gasteiger partial charge in [0.2, 0.25) is 0 Å². The molecule has 0 aliphatic carbocycles. The molecule has 4 heterocycles. The number of aromatic nitrogens is 3. The Kier molecular flexibility index (Phi) is 12.8. The van der Waals surface area contributed by atoms with Crippen molar-refractivity contribution in [1.29, 1.82) is 0 Å². The fraction of sp³-hybridized carbons (Fsp3) is 0.463. The summed E-state index contributed by atoms with van der Waals surface area (Å²) in [4.78, 5) is 15.4. The number of benzene rings is 3. The summed E-state index contributed by atoms with van der Waals surface area (Å²) < 4.78 is 22.0. The molecule has 2 aliphatic heterocycles. The second-order valence-electron chi connectivity index (χ2n) is 13.2. The van der Waals surface area contributed by atoms with E-state index in [2.05, 4.69) is 65.0 Å². The molecule has 0 atom stereocenters. The minimum absolute atomic E-state index is 0.382. The Morgan fingerprint density at radius 2 is 1.67 bits per heavy atom. The lowest BCUT2D eigenvalue weighted by Crippen LogP contribution is -2.37. The van der Waals surface area contributed by atoms with Crippen molar-refractivity contribution in [3.63, 3.8) is 0 Å². The summed E-state index contributed by atoms with van der Waals surface area (Å²) in [6.07, 6.45) is 3.78. The third-order valence-corrected chi connectivity index (χ3v) is 9.90. The number of hydrogen-bond donors (Lipinski definition) is 2. The molecular weight excluding hydrogens is 642 g/mol. The van der Waals surface area contributed by atoms with Crippen LogP contribution in [0.15, 0.2) is 60.7 Å². The molecule has 5 aromatic rings. The molecule has 10 nitrogen and oxygen atoms in total. The highest BCUT2D eigenvalue weighted by atomic mass is 16.5. The second-order valence-corrected chi connectivity index (χ2v) is 13.2. The molecule has 10 heteroatoms. The predicted octanol–water partition coefficient (Wildman–Crippen LogP) is 6.71. The minimum Gasteiger partial charge on any atom is -0.493 e. The van der Waals surface area contributed by atoms with Crippen molar-refractivity contribution in [3.8, 4) is 16.9 Å². The number of morpholine rings is 1. The molecule has 1 saturated heterocycles. The topological polar surface area (TPSA) is 103 Å². The van der Waals surface area contributed by atoms with E-state index in [4.69, 9.17) is 19.3 Å². The molecule has 3 aromatic carbocycles. The maximum Gasteiger partial charge on any atom is 0.352 e. The Morgan fingerprint density at radius 1 is 0.902 bits per heavy atom. The molecule has 0 saturated carbocycles. The van der Waals surface area contributed by atoms with Crippen molar-refractivity contribution in [2.24, 2.45) is 7.05 Å². The van der Waals surface area contributed by atoms with Crippen molar-refractivity contribution >= 4 is 27.6 Å². The third kappa shape index (κ3) is 8.47. The zero-order valence-corrected chi connectivity index (χ0v) is 30.5. The van der Waals surface area contributed by atoms with Crippen molar-refractivity contribution in [2.75, 3.05) is 59.2 Å². The number of para-hydroxylation sites is 1. The first kappa shape index (κ1) is 36.6. The van der Waals surface area contributed by atoms with Crippen LogP contribution in [0, 0.1) is 0 Å². The van der Waals surface area contributed by atoms with Gasteiger partial charge in [0, 0.05) is 68.2 Å². The normalized spacial score (nSPS) is 15.2. The lowest BCUT2D eigenvalue weighted by Gasteiger charge is -2.26. The molecule has 1 fully saturated rings. The smallest absolute Gasteiger partial charge is 0.352 e. The number of aryl methyl sites for hydroxylation is 3. The quantitative estimate of drug-likeness (QED) is 0.147. The molecule has 7 rings (SSSR count). The molecule has 0 spiro atoms. The number of hydrogen-bond acceptors (Lipinski definition) is 7. The lowest BCUT2D eigenvalue weighted by atomic mass is 9.97. The Labute approximate surface area is 301 Å². The van der Waals surface area contributed by atoms with Gasteiger partial charge >= 0.3 is 5.97 Å². The summed E-state index contributed by atoms with van der Waals surface area (Å²) in [6, 6.07) is 20.6. The second kappa shape index (κ2) is 17.8. The number of ether oxygens (including phenoxy) is 3. The highest BCUT2D eigenvalue weighted by Crippen LogP contribution is 2.39. The number of carboxylic acids is 1. The Bertz CT molecular complexity index is 1900. The van der Waals surface area contributed by atoms with E-state index in [0.29, 0.717) is 44.9 Å². The Hall–Kier alpha value is -4.22. The summed E-state index contributed by atoms with van der Waals surface area (Å²) in [5.74, 6) is -0.0381. The van der Waals surface area contributed by atoms with E-state index in [1.165, 1.54) is 0 Å². The van der Waals surface area contributed by atoms with E-state index in [1.54, 1.807) is 0 Å². The van der Waals surface area contributed by atoms with Crippen LogP contribution < -0.4 is 10.1 Å². The predicted molar refractivity (Wildman–Crippen MR) is 203 cm³/mol. The van der Waals surface area contributed by atoms with Crippen LogP contribution in [-0.2, 0) is 42.5 Å². The van der Waals surface area contributed by atoms with Gasteiger partial charge in [0.15, 0.2) is 0 Å². The van der Waals surface area contributed by atoms with Crippen LogP contribution in [0.1, 0.15) is 60.5 Å². The molecule has 272 valence electrons. The summed E-state index contributed by atoms with van der Waals surface area (Å²) in [5.41, 5.74) is 6.39. The van der Waals surface area contributed by atoms with Crippen molar-refractivity contribution < 1.29 is 24.1 Å². The summed E-state index contributed by atoms with van der Waals surface area (Å²) in [6.45, 7) is 12.8. The van der Waals surface area contributed by atoms with Crippen molar-refractivity contribution in [1.82, 2.24) is 24.6 Å². The van der Waals surface area contributed by atoms with Crippen molar-refractivity contribution in [2.45, 2.75) is 59.1 Å². The van der Waals surface area contributed by atoms with Crippen molar-refractivity contribution in [3.05, 3.63) is 83.3 Å². The third-order valence-electron chi connectivity index (χ3n) is 9.90. The number of carbonyl (C=O) groups is 1. The fourth-order valence-electron chi connectivity index (χ4n) is 7.41. The summed E-state index contributed by atoms with van der Waals surface area (Å²) in [7, 11) is 1.99. The first-order valence-electron chi connectivity index (χ1n) is 18.6. The van der Waals surface area contributed by atoms with E-state index in [0.717, 1.165) is 121 Å². The van der Waals surface area contributed by atoms with Gasteiger partial charge in [-0.2, -0.15) is 5.10 Å². The Balaban J connectivity index is 0.000000839. The van der Waals surface area contributed by atoms with E-state index < -0.39 is 5.97 Å². The van der Waals surface area contributed by atoms with Gasteiger partial charge in [-0.3, -0.25) is 9.58 Å². The van der Waals surface area contributed by atoms with Crippen LogP contribution >= 0.6 is 0 Å². The number of aromatic carboxylic acids is 1. The van der Waals surface area contributed by atoms with E-state index in [-0.39, 0.29) is 0 Å². The summed E-state index contributed by atoms with van der Waals surface area (Å²) >= 11 is 0. The van der Waals surface area contributed by atoms with Gasteiger partial charge in [0.25, 0.3) is 0 Å². The molecule has 0 bridgehead atoms. The molecule has 51 heavy (non-hydrogen) atoms. The van der Waals surface area contributed by atoms with Gasteiger partial charge in [-0.1, -0.05) is 68.4 Å². The number of rotatable bonds is 11. The van der Waals surface area contributed by atoms with E-state index >= 15 is 0 Å². The molecule has 2 aliphatic rings. The van der Waals surface area contributed by atoms with Gasteiger partial charge in [0.1, 0.15) is 11.4 Å². The maximum atomic E-state index is 13.0. The van der Waals surface area contributed by atoms with Crippen LogP contribution in [0.2, 0.25) is 0 Å². The van der Waals surface area contributed by atoms with Crippen LogP contribution in [0.3, 0.4) is 0 Å². The monoisotopic (exact) mass is 695 g/mol. The average Bonchev–Trinajstić information content (AvgIpc) is 3.63. The van der Waals surface area contributed by atoms with Gasteiger partial charge in [0.05, 0.1) is 43.3 Å². The minimum atomic E-state index is -0.891. The number of nitrogens with zero attached hydrogens (tertiary/aromatic N) is 4. The van der Waals surface area contributed by atoms with Crippen LogP contribution in [-0.4, -0.2) is 89.5 Å². The van der Waals surface area contributed by atoms with E-state index in [1.807, 2.05) is 36.0 Å². The van der Waals surface area contributed by atoms with E-state index in [9.17, 15) is 9.90 Å². The van der Waals surface area contributed by atoms with Gasteiger partial charge in [-0.15, -0.1) is 0 Å². The summed E-state index contributed by atoms with van der Waals surface area (Å²) in [5, 5.41) is 22.0. The largest absolute Gasteiger partial charge is 0.493 e. The zero-order valence-electron chi connectivity index (χ0n) is 30.5. The van der Waals surface area contributed by atoms with Crippen LogP contribution in [0.25, 0.3) is 32.8 Å². The first-order chi connectivity index (χ1) is 25.0. The van der Waals surface area contributed by atoms with Gasteiger partial charge < -0.3 is 29.2 Å². The van der Waals surface area contributed by atoms with Gasteiger partial charge in [-0.05, 0) is 55.8 Å². The maximum absolute atomic E-state index is 13.0. The van der Waals surface area contributed by atoms with Crippen LogP contribution in [0.5, 0.6) is 5.75 Å². The molecule has 0 radical (unpaired) electrons. The highest BCUT2D eigenvalue weighted by molar-refractivity contribution is 6.04. The number of nitrogens with one attached hydrogen (secondary N) is 1. The SMILES string of the molecule is CCNCC.Cn1nc(CCN2CCOCC2)c2c1COCCCCn1c(C(=O)O)c(CCCOc3cccc4ccccc34)c3cccc-2c31. The molecule has 0 amide bonds. The standard InChI is InChI=1S/C37H42N4O5.C4H11N/c1-39-32-25-45-21-5-4-17-41-35-28(12-7-13-30(35)34(32)31(38-39)16-18-40-19-23-44-24-20-40)29(36(41)37(42)43)14-8-22-46-33-15-6-10-26-9-2-3-11-27(26)33;1-3-5-4-2/h2-3,6-7,9-13,15H,4-5,8,14,16-25H2,1H3,(H,42,43);5H,3-4H2,1-2H3. The first-order valence-corrected chi connectivity index (χ1v) is 18.6.